The maximum absolute atomic E-state index is 13.2. The lowest BCUT2D eigenvalue weighted by Crippen LogP contribution is -2.32. The monoisotopic (exact) mass is 304 g/mol. The molecule has 22 heavy (non-hydrogen) atoms. The summed E-state index contributed by atoms with van der Waals surface area (Å²) < 4.78 is 18.3. The zero-order valence-corrected chi connectivity index (χ0v) is 13.1. The summed E-state index contributed by atoms with van der Waals surface area (Å²) in [6.45, 7) is 5.82. The zero-order chi connectivity index (χ0) is 16.6. The van der Waals surface area contributed by atoms with E-state index >= 15 is 0 Å². The number of nitriles is 1. The summed E-state index contributed by atoms with van der Waals surface area (Å²) in [5, 5.41) is 11.4. The molecule has 0 unspecified atom stereocenters. The second-order valence-electron chi connectivity index (χ2n) is 5.80. The highest BCUT2D eigenvalue weighted by Crippen LogP contribution is 2.14. The van der Waals surface area contributed by atoms with Gasteiger partial charge in [-0.2, -0.15) is 5.26 Å². The fraction of sp³-hybridized carbons (Fsp3) is 0.412. The Bertz CT molecular complexity index is 583. The molecular weight excluding hydrogens is 283 g/mol. The van der Waals surface area contributed by atoms with Crippen molar-refractivity contribution in [2.75, 3.05) is 6.54 Å². The molecule has 0 aliphatic heterocycles. The molecule has 0 spiro atoms. The molecule has 0 atom stereocenters. The molecule has 118 valence electrons. The van der Waals surface area contributed by atoms with E-state index in [1.165, 1.54) is 12.1 Å². The Morgan fingerprint density at radius 1 is 1.45 bits per heavy atom. The van der Waals surface area contributed by atoms with Gasteiger partial charge >= 0.3 is 6.09 Å². The highest BCUT2D eigenvalue weighted by molar-refractivity contribution is 5.67. The van der Waals surface area contributed by atoms with E-state index in [4.69, 9.17) is 10.00 Å². The molecule has 1 aromatic carbocycles. The lowest BCUT2D eigenvalue weighted by atomic mass is 10.0. The van der Waals surface area contributed by atoms with Gasteiger partial charge in [-0.25, -0.2) is 9.18 Å². The van der Waals surface area contributed by atoms with E-state index in [0.29, 0.717) is 18.5 Å². The van der Waals surface area contributed by atoms with Crippen molar-refractivity contribution in [3.63, 3.8) is 0 Å². The summed E-state index contributed by atoms with van der Waals surface area (Å²) in [6.07, 6.45) is 3.94. The number of hydrogen-bond acceptors (Lipinski definition) is 3. The number of carbonyl (C=O) groups excluding carboxylic acids is 1. The molecule has 1 N–H and O–H groups in total. The standard InChI is InChI=1S/C17H21FN2O2/c1-17(2,3)22-16(21)20-11-5-4-6-14-12-15(18)8-7-13(14)9-10-19/h4,6-8,12H,5,9,11H2,1-3H3,(H,20,21). The number of ether oxygens (including phenoxy) is 1. The van der Waals surface area contributed by atoms with Gasteiger partial charge in [-0.3, -0.25) is 0 Å². The van der Waals surface area contributed by atoms with Gasteiger partial charge in [0.25, 0.3) is 0 Å². The van der Waals surface area contributed by atoms with E-state index in [9.17, 15) is 9.18 Å². The fourth-order valence-corrected chi connectivity index (χ4v) is 1.75. The number of amides is 1. The van der Waals surface area contributed by atoms with E-state index in [1.807, 2.05) is 6.08 Å². The largest absolute Gasteiger partial charge is 0.444 e. The highest BCUT2D eigenvalue weighted by atomic mass is 19.1. The molecule has 0 aliphatic carbocycles. The average Bonchev–Trinajstić information content (AvgIpc) is 2.39. The van der Waals surface area contributed by atoms with E-state index in [-0.39, 0.29) is 12.2 Å². The number of nitrogens with one attached hydrogen (secondary N) is 1. The summed E-state index contributed by atoms with van der Waals surface area (Å²) in [4.78, 5) is 11.4. The van der Waals surface area contributed by atoms with Crippen LogP contribution in [0.3, 0.4) is 0 Å². The molecule has 4 nitrogen and oxygen atoms in total. The van der Waals surface area contributed by atoms with Gasteiger partial charge < -0.3 is 10.1 Å². The van der Waals surface area contributed by atoms with Crippen LogP contribution in [0, 0.1) is 17.1 Å². The van der Waals surface area contributed by atoms with Gasteiger partial charge in [0.2, 0.25) is 0 Å². The Morgan fingerprint density at radius 3 is 2.82 bits per heavy atom. The predicted molar refractivity (Wildman–Crippen MR) is 83.6 cm³/mol. The Hall–Kier alpha value is -2.35. The first-order valence-corrected chi connectivity index (χ1v) is 7.10. The van der Waals surface area contributed by atoms with Gasteiger partial charge in [-0.05, 0) is 50.5 Å². The first-order chi connectivity index (χ1) is 10.3. The van der Waals surface area contributed by atoms with E-state index in [0.717, 1.165) is 5.56 Å². The molecule has 1 aromatic rings. The summed E-state index contributed by atoms with van der Waals surface area (Å²) in [5.74, 6) is -0.340. The number of halogens is 1. The highest BCUT2D eigenvalue weighted by Gasteiger charge is 2.15. The minimum absolute atomic E-state index is 0.232. The van der Waals surface area contributed by atoms with Crippen molar-refractivity contribution in [1.82, 2.24) is 5.32 Å². The molecular formula is C17H21FN2O2. The Kier molecular flexibility index (Phi) is 6.58. The Labute approximate surface area is 130 Å². The molecule has 1 amide bonds. The van der Waals surface area contributed by atoms with Gasteiger partial charge in [-0.15, -0.1) is 0 Å². The molecule has 0 heterocycles. The smallest absolute Gasteiger partial charge is 0.407 e. The van der Waals surface area contributed by atoms with Crippen molar-refractivity contribution in [3.05, 3.63) is 41.2 Å². The van der Waals surface area contributed by atoms with Crippen molar-refractivity contribution in [3.8, 4) is 6.07 Å². The third kappa shape index (κ3) is 6.89. The molecule has 0 saturated heterocycles. The van der Waals surface area contributed by atoms with Gasteiger partial charge in [0, 0.05) is 6.54 Å². The van der Waals surface area contributed by atoms with Crippen LogP contribution < -0.4 is 5.32 Å². The second kappa shape index (κ2) is 8.18. The van der Waals surface area contributed by atoms with Crippen LogP contribution in [0.1, 0.15) is 38.3 Å². The normalized spacial score (nSPS) is 11.2. The Morgan fingerprint density at radius 2 is 2.18 bits per heavy atom. The van der Waals surface area contributed by atoms with Crippen LogP contribution in [0.15, 0.2) is 24.3 Å². The molecule has 0 aliphatic rings. The molecule has 0 bridgehead atoms. The topological polar surface area (TPSA) is 62.1 Å². The van der Waals surface area contributed by atoms with Crippen molar-refractivity contribution < 1.29 is 13.9 Å². The third-order valence-corrected chi connectivity index (χ3v) is 2.65. The molecule has 0 saturated carbocycles. The van der Waals surface area contributed by atoms with Crippen LogP contribution in [0.5, 0.6) is 0 Å². The number of benzene rings is 1. The lowest BCUT2D eigenvalue weighted by molar-refractivity contribution is 0.0529. The fourth-order valence-electron chi connectivity index (χ4n) is 1.75. The van der Waals surface area contributed by atoms with Crippen molar-refractivity contribution in [1.29, 1.82) is 5.26 Å². The van der Waals surface area contributed by atoms with Gasteiger partial charge in [0.15, 0.2) is 0 Å². The van der Waals surface area contributed by atoms with Crippen LogP contribution in [0.25, 0.3) is 6.08 Å². The first-order valence-electron chi connectivity index (χ1n) is 7.10. The molecule has 1 rings (SSSR count). The first kappa shape index (κ1) is 17.7. The minimum Gasteiger partial charge on any atom is -0.444 e. The van der Waals surface area contributed by atoms with E-state index in [1.54, 1.807) is 32.9 Å². The Balaban J connectivity index is 2.48. The maximum atomic E-state index is 13.2. The van der Waals surface area contributed by atoms with Crippen molar-refractivity contribution in [2.45, 2.75) is 39.2 Å². The summed E-state index contributed by atoms with van der Waals surface area (Å²) in [5.41, 5.74) is 0.937. The van der Waals surface area contributed by atoms with Crippen LogP contribution in [0.4, 0.5) is 9.18 Å². The number of hydrogen-bond donors (Lipinski definition) is 1. The maximum Gasteiger partial charge on any atom is 0.407 e. The SMILES string of the molecule is CC(C)(C)OC(=O)NCCC=Cc1cc(F)ccc1CC#N. The second-order valence-corrected chi connectivity index (χ2v) is 5.80. The van der Waals surface area contributed by atoms with Crippen LogP contribution in [-0.4, -0.2) is 18.2 Å². The molecule has 0 radical (unpaired) electrons. The van der Waals surface area contributed by atoms with E-state index in [2.05, 4.69) is 11.4 Å². The number of carbonyl (C=O) groups is 1. The number of nitrogens with zero attached hydrogens (tertiary/aromatic N) is 1. The quantitative estimate of drug-likeness (QED) is 0.841. The average molecular weight is 304 g/mol. The lowest BCUT2D eigenvalue weighted by Gasteiger charge is -2.19. The van der Waals surface area contributed by atoms with E-state index < -0.39 is 11.7 Å². The van der Waals surface area contributed by atoms with Crippen molar-refractivity contribution >= 4 is 12.2 Å². The van der Waals surface area contributed by atoms with Gasteiger partial charge in [0.1, 0.15) is 11.4 Å². The third-order valence-electron chi connectivity index (χ3n) is 2.65. The summed E-state index contributed by atoms with van der Waals surface area (Å²) >= 11 is 0. The molecule has 0 aromatic heterocycles. The molecule has 5 heteroatoms. The van der Waals surface area contributed by atoms with Crippen LogP contribution >= 0.6 is 0 Å². The van der Waals surface area contributed by atoms with Crippen LogP contribution in [0.2, 0.25) is 0 Å². The number of alkyl carbamates (subject to hydrolysis) is 1. The predicted octanol–water partition coefficient (Wildman–Crippen LogP) is 3.82. The number of rotatable bonds is 5. The van der Waals surface area contributed by atoms with Gasteiger partial charge in [-0.1, -0.05) is 18.2 Å². The zero-order valence-electron chi connectivity index (χ0n) is 13.1. The molecule has 0 fully saturated rings. The summed E-state index contributed by atoms with van der Waals surface area (Å²) in [6, 6.07) is 6.40. The summed E-state index contributed by atoms with van der Waals surface area (Å²) in [7, 11) is 0. The minimum atomic E-state index is -0.520. The van der Waals surface area contributed by atoms with Crippen LogP contribution in [-0.2, 0) is 11.2 Å². The van der Waals surface area contributed by atoms with Crippen molar-refractivity contribution in [2.24, 2.45) is 0 Å². The van der Waals surface area contributed by atoms with Gasteiger partial charge in [0.05, 0.1) is 12.5 Å².